The summed E-state index contributed by atoms with van der Waals surface area (Å²) in [5.41, 5.74) is 0. The van der Waals surface area contributed by atoms with Crippen molar-refractivity contribution in [2.45, 2.75) is 37.0 Å². The van der Waals surface area contributed by atoms with Gasteiger partial charge in [-0.15, -0.1) is 0 Å². The van der Waals surface area contributed by atoms with Crippen LogP contribution in [0.15, 0.2) is 0 Å². The van der Waals surface area contributed by atoms with E-state index in [2.05, 4.69) is 10.0 Å². The summed E-state index contributed by atoms with van der Waals surface area (Å²) in [6.45, 7) is 1.55. The molecular weight excluding hydrogens is 300 g/mol. The smallest absolute Gasteiger partial charge is 0.211 e. The number of hydrogen-bond acceptors (Lipinski definition) is 5. The minimum atomic E-state index is -3.07. The minimum Gasteiger partial charge on any atom is -0.314 e. The Hall–Kier alpha value is 0.570. The van der Waals surface area contributed by atoms with Gasteiger partial charge in [0.15, 0.2) is 0 Å². The van der Waals surface area contributed by atoms with Crippen molar-refractivity contribution in [2.75, 3.05) is 36.1 Å². The molecule has 2 rings (SSSR count). The lowest BCUT2D eigenvalue weighted by molar-refractivity contribution is 0.573. The largest absolute Gasteiger partial charge is 0.314 e. The monoisotopic (exact) mass is 324 g/mol. The zero-order valence-corrected chi connectivity index (χ0v) is 13.7. The first kappa shape index (κ1) is 15.9. The molecule has 1 saturated carbocycles. The summed E-state index contributed by atoms with van der Waals surface area (Å²) in [4.78, 5) is 0. The summed E-state index contributed by atoms with van der Waals surface area (Å²) in [7, 11) is -3.07. The van der Waals surface area contributed by atoms with E-state index in [1.807, 2.05) is 23.5 Å². The van der Waals surface area contributed by atoms with E-state index in [-0.39, 0.29) is 5.75 Å². The molecule has 0 amide bonds. The van der Waals surface area contributed by atoms with E-state index in [4.69, 9.17) is 0 Å². The van der Waals surface area contributed by atoms with Crippen molar-refractivity contribution in [3.8, 4) is 0 Å². The molecule has 4 nitrogen and oxygen atoms in total. The fraction of sp³-hybridized carbons (Fsp3) is 1.00. The Morgan fingerprint density at radius 2 is 2.00 bits per heavy atom. The van der Waals surface area contributed by atoms with Crippen LogP contribution in [0.2, 0.25) is 0 Å². The molecule has 19 heavy (non-hydrogen) atoms. The fourth-order valence-corrected chi connectivity index (χ4v) is 5.86. The molecule has 0 aromatic carbocycles. The maximum Gasteiger partial charge on any atom is 0.211 e. The van der Waals surface area contributed by atoms with Crippen molar-refractivity contribution >= 4 is 33.5 Å². The number of unbranched alkanes of at least 4 members (excludes halogenated alkanes) is 1. The van der Waals surface area contributed by atoms with Crippen LogP contribution in [-0.4, -0.2) is 55.8 Å². The van der Waals surface area contributed by atoms with E-state index < -0.39 is 10.0 Å². The molecule has 2 aliphatic rings. The quantitative estimate of drug-likeness (QED) is 0.626. The SMILES string of the molecule is O=S(=O)(CCCCNC1CC1)NCC1CSCCS1. The number of sulfonamides is 1. The average Bonchev–Trinajstić information content (AvgIpc) is 3.21. The lowest BCUT2D eigenvalue weighted by Gasteiger charge is -2.21. The highest BCUT2D eigenvalue weighted by Gasteiger charge is 2.20. The maximum atomic E-state index is 11.8. The van der Waals surface area contributed by atoms with Gasteiger partial charge >= 0.3 is 0 Å². The molecule has 0 spiro atoms. The van der Waals surface area contributed by atoms with Gasteiger partial charge in [-0.2, -0.15) is 23.5 Å². The molecule has 0 radical (unpaired) electrons. The topological polar surface area (TPSA) is 58.2 Å². The lowest BCUT2D eigenvalue weighted by atomic mass is 10.3. The highest BCUT2D eigenvalue weighted by atomic mass is 32.2. The highest BCUT2D eigenvalue weighted by molar-refractivity contribution is 8.06. The van der Waals surface area contributed by atoms with Crippen molar-refractivity contribution in [2.24, 2.45) is 0 Å². The summed E-state index contributed by atoms with van der Waals surface area (Å²) < 4.78 is 26.4. The molecule has 1 saturated heterocycles. The third-order valence-electron chi connectivity index (χ3n) is 3.27. The van der Waals surface area contributed by atoms with Crippen LogP contribution in [0.1, 0.15) is 25.7 Å². The van der Waals surface area contributed by atoms with Crippen molar-refractivity contribution in [1.29, 1.82) is 0 Å². The zero-order chi connectivity index (χ0) is 13.6. The van der Waals surface area contributed by atoms with Crippen molar-refractivity contribution in [1.82, 2.24) is 10.0 Å². The molecule has 2 N–H and O–H groups in total. The summed E-state index contributed by atoms with van der Waals surface area (Å²) in [6, 6.07) is 0.718. The molecule has 1 heterocycles. The fourth-order valence-electron chi connectivity index (χ4n) is 1.96. The Labute approximate surface area is 125 Å². The Balaban J connectivity index is 1.52. The minimum absolute atomic E-state index is 0.268. The highest BCUT2D eigenvalue weighted by Crippen LogP contribution is 2.23. The molecule has 2 fully saturated rings. The van der Waals surface area contributed by atoms with Gasteiger partial charge in [-0.05, 0) is 32.2 Å². The summed E-state index contributed by atoms with van der Waals surface area (Å²) in [5, 5.41) is 3.85. The molecule has 7 heteroatoms. The van der Waals surface area contributed by atoms with E-state index in [1.165, 1.54) is 18.6 Å². The van der Waals surface area contributed by atoms with Gasteiger partial charge in [0.1, 0.15) is 0 Å². The summed E-state index contributed by atoms with van der Waals surface area (Å²) in [5.74, 6) is 3.67. The van der Waals surface area contributed by atoms with Crippen LogP contribution in [0.5, 0.6) is 0 Å². The number of thioether (sulfide) groups is 2. The molecule has 1 aliphatic heterocycles. The Bertz CT molecular complexity index is 352. The second kappa shape index (κ2) is 8.12. The van der Waals surface area contributed by atoms with Gasteiger partial charge in [0.2, 0.25) is 10.0 Å². The van der Waals surface area contributed by atoms with Gasteiger partial charge in [-0.25, -0.2) is 13.1 Å². The molecule has 0 aromatic rings. The Morgan fingerprint density at radius 3 is 2.68 bits per heavy atom. The maximum absolute atomic E-state index is 11.8. The van der Waals surface area contributed by atoms with E-state index in [0.29, 0.717) is 11.8 Å². The first-order valence-electron chi connectivity index (χ1n) is 7.06. The van der Waals surface area contributed by atoms with Crippen LogP contribution in [0.25, 0.3) is 0 Å². The molecular formula is C12H24N2O2S3. The van der Waals surface area contributed by atoms with Crippen molar-refractivity contribution < 1.29 is 8.42 Å². The van der Waals surface area contributed by atoms with Crippen LogP contribution in [-0.2, 0) is 10.0 Å². The van der Waals surface area contributed by atoms with E-state index in [0.717, 1.165) is 36.9 Å². The number of hydrogen-bond donors (Lipinski definition) is 2. The van der Waals surface area contributed by atoms with Gasteiger partial charge in [0, 0.05) is 35.1 Å². The molecule has 1 unspecified atom stereocenters. The Morgan fingerprint density at radius 1 is 1.16 bits per heavy atom. The third kappa shape index (κ3) is 7.22. The number of nitrogens with one attached hydrogen (secondary N) is 2. The van der Waals surface area contributed by atoms with Crippen LogP contribution in [0.3, 0.4) is 0 Å². The normalized spacial score (nSPS) is 24.5. The molecule has 0 aromatic heterocycles. The van der Waals surface area contributed by atoms with E-state index >= 15 is 0 Å². The van der Waals surface area contributed by atoms with Crippen molar-refractivity contribution in [3.63, 3.8) is 0 Å². The lowest BCUT2D eigenvalue weighted by Crippen LogP contribution is -2.35. The second-order valence-electron chi connectivity index (χ2n) is 5.17. The molecule has 0 bridgehead atoms. The van der Waals surface area contributed by atoms with Crippen LogP contribution in [0.4, 0.5) is 0 Å². The first-order chi connectivity index (χ1) is 9.16. The predicted molar refractivity (Wildman–Crippen MR) is 85.6 cm³/mol. The molecule has 1 aliphatic carbocycles. The zero-order valence-electron chi connectivity index (χ0n) is 11.3. The van der Waals surface area contributed by atoms with E-state index in [9.17, 15) is 8.42 Å². The van der Waals surface area contributed by atoms with Gasteiger partial charge < -0.3 is 5.32 Å². The van der Waals surface area contributed by atoms with Crippen LogP contribution < -0.4 is 10.0 Å². The Kier molecular flexibility index (Phi) is 6.82. The molecule has 112 valence electrons. The van der Waals surface area contributed by atoms with Crippen molar-refractivity contribution in [3.05, 3.63) is 0 Å². The summed E-state index contributed by atoms with van der Waals surface area (Å²) in [6.07, 6.45) is 4.28. The van der Waals surface area contributed by atoms with Gasteiger partial charge in [0.25, 0.3) is 0 Å². The average molecular weight is 325 g/mol. The van der Waals surface area contributed by atoms with Crippen LogP contribution in [0, 0.1) is 0 Å². The second-order valence-corrected chi connectivity index (χ2v) is 9.66. The predicted octanol–water partition coefficient (Wildman–Crippen LogP) is 1.29. The number of rotatable bonds is 9. The van der Waals surface area contributed by atoms with Crippen LogP contribution >= 0.6 is 23.5 Å². The van der Waals surface area contributed by atoms with E-state index in [1.54, 1.807) is 0 Å². The van der Waals surface area contributed by atoms with Gasteiger partial charge in [0.05, 0.1) is 5.75 Å². The third-order valence-corrected chi connectivity index (χ3v) is 7.54. The van der Waals surface area contributed by atoms with Gasteiger partial charge in [-0.1, -0.05) is 0 Å². The standard InChI is InChI=1S/C12H24N2O2S3/c15-19(16,8-2-1-5-13-11-3-4-11)14-9-12-10-17-6-7-18-12/h11-14H,1-10H2. The van der Waals surface area contributed by atoms with Gasteiger partial charge in [-0.3, -0.25) is 0 Å². The first-order valence-corrected chi connectivity index (χ1v) is 10.9. The molecule has 1 atom stereocenters. The summed E-state index contributed by atoms with van der Waals surface area (Å²) >= 11 is 3.81.